The van der Waals surface area contributed by atoms with E-state index in [1.165, 1.54) is 19.3 Å². The molecule has 1 spiro atoms. The maximum absolute atomic E-state index is 8.80. The zero-order valence-electron chi connectivity index (χ0n) is 10.9. The second kappa shape index (κ2) is 7.25. The van der Waals surface area contributed by atoms with Gasteiger partial charge >= 0.3 is 0 Å². The molecule has 2 heterocycles. The number of likely N-dealkylation sites (tertiary alicyclic amines) is 1. The summed E-state index contributed by atoms with van der Waals surface area (Å²) in [6.45, 7) is 8.52. The van der Waals surface area contributed by atoms with E-state index in [4.69, 9.17) is 9.84 Å². The highest BCUT2D eigenvalue weighted by atomic mass is 16.5. The van der Waals surface area contributed by atoms with Crippen LogP contribution in [0.5, 0.6) is 0 Å². The molecular formula is C13H27NO2. The smallest absolute Gasteiger partial charge is 0.0707 e. The summed E-state index contributed by atoms with van der Waals surface area (Å²) < 4.78 is 5.82. The summed E-state index contributed by atoms with van der Waals surface area (Å²) in [5, 5.41) is 8.80. The zero-order chi connectivity index (χ0) is 11.9. The molecule has 2 fully saturated rings. The van der Waals surface area contributed by atoms with E-state index in [1.807, 2.05) is 0 Å². The van der Waals surface area contributed by atoms with Crippen LogP contribution in [0.2, 0.25) is 0 Å². The molecular weight excluding hydrogens is 202 g/mol. The third-order valence-corrected chi connectivity index (χ3v) is 3.37. The van der Waals surface area contributed by atoms with Crippen LogP contribution in [0, 0.1) is 0 Å². The lowest BCUT2D eigenvalue weighted by molar-refractivity contribution is -0.0450. The predicted octanol–water partition coefficient (Wildman–Crippen LogP) is 2.04. The van der Waals surface area contributed by atoms with E-state index in [-0.39, 0.29) is 12.2 Å². The molecule has 0 saturated carbocycles. The number of piperidine rings is 1. The molecule has 3 nitrogen and oxygen atoms in total. The van der Waals surface area contributed by atoms with E-state index in [0.717, 1.165) is 39.1 Å². The van der Waals surface area contributed by atoms with Crippen molar-refractivity contribution in [3.05, 3.63) is 0 Å². The van der Waals surface area contributed by atoms with Gasteiger partial charge in [-0.3, -0.25) is 0 Å². The van der Waals surface area contributed by atoms with E-state index < -0.39 is 0 Å². The van der Waals surface area contributed by atoms with Crippen molar-refractivity contribution in [1.29, 1.82) is 0 Å². The maximum atomic E-state index is 8.80. The molecule has 0 radical (unpaired) electrons. The minimum atomic E-state index is 0.228. The summed E-state index contributed by atoms with van der Waals surface area (Å²) in [4.78, 5) is 2.33. The van der Waals surface area contributed by atoms with Crippen molar-refractivity contribution in [3.8, 4) is 0 Å². The molecule has 2 aliphatic heterocycles. The number of aliphatic hydroxyl groups excluding tert-OH is 1. The van der Waals surface area contributed by atoms with E-state index in [2.05, 4.69) is 18.7 Å². The van der Waals surface area contributed by atoms with Crippen molar-refractivity contribution >= 4 is 0 Å². The molecule has 2 aliphatic rings. The van der Waals surface area contributed by atoms with Gasteiger partial charge in [0.05, 0.1) is 12.2 Å². The van der Waals surface area contributed by atoms with Crippen LogP contribution >= 0.6 is 0 Å². The Bertz CT molecular complexity index is 169. The molecule has 1 N–H and O–H groups in total. The van der Waals surface area contributed by atoms with Crippen molar-refractivity contribution in [2.75, 3.05) is 32.8 Å². The van der Waals surface area contributed by atoms with Crippen molar-refractivity contribution < 1.29 is 9.84 Å². The Hall–Kier alpha value is -0.120. The average Bonchev–Trinajstić information content (AvgIpc) is 2.72. The third-order valence-electron chi connectivity index (χ3n) is 3.37. The largest absolute Gasteiger partial charge is 0.395 e. The Morgan fingerprint density at radius 1 is 1.19 bits per heavy atom. The lowest BCUT2D eigenvalue weighted by Gasteiger charge is -2.38. The standard InChI is InChI=1S/C10H19NO2.C3H8/c12-8-7-11-5-3-10(4-6-11)2-1-9-13-10;1-3-2/h12H,1-9H2;3H2,1-2H3. The summed E-state index contributed by atoms with van der Waals surface area (Å²) in [5.74, 6) is 0. The molecule has 2 saturated heterocycles. The van der Waals surface area contributed by atoms with E-state index >= 15 is 0 Å². The van der Waals surface area contributed by atoms with Gasteiger partial charge in [-0.1, -0.05) is 20.3 Å². The van der Waals surface area contributed by atoms with Gasteiger partial charge < -0.3 is 14.7 Å². The fourth-order valence-corrected chi connectivity index (χ4v) is 2.48. The van der Waals surface area contributed by atoms with Gasteiger partial charge in [0.25, 0.3) is 0 Å². The number of β-amino-alcohol motifs (C(OH)–C–C–N with tert-alkyl or cyclic N) is 1. The Morgan fingerprint density at radius 2 is 1.81 bits per heavy atom. The second-order valence-corrected chi connectivity index (χ2v) is 4.91. The number of hydrogen-bond acceptors (Lipinski definition) is 3. The number of nitrogens with zero attached hydrogens (tertiary/aromatic N) is 1. The van der Waals surface area contributed by atoms with Gasteiger partial charge in [-0.15, -0.1) is 0 Å². The van der Waals surface area contributed by atoms with Crippen LogP contribution in [0.3, 0.4) is 0 Å². The molecule has 0 unspecified atom stereocenters. The lowest BCUT2D eigenvalue weighted by atomic mass is 9.89. The number of rotatable bonds is 2. The lowest BCUT2D eigenvalue weighted by Crippen LogP contribution is -2.44. The SMILES string of the molecule is CCC.OCCN1CCC2(CCCO2)CC1. The average molecular weight is 229 g/mol. The van der Waals surface area contributed by atoms with E-state index in [1.54, 1.807) is 0 Å². The Morgan fingerprint density at radius 3 is 2.25 bits per heavy atom. The van der Waals surface area contributed by atoms with Crippen LogP contribution < -0.4 is 0 Å². The molecule has 0 aromatic carbocycles. The molecule has 0 aromatic heterocycles. The molecule has 0 atom stereocenters. The van der Waals surface area contributed by atoms with Crippen LogP contribution in [-0.2, 0) is 4.74 Å². The third kappa shape index (κ3) is 4.04. The van der Waals surface area contributed by atoms with Gasteiger partial charge in [-0.05, 0) is 25.7 Å². The first-order valence-corrected chi connectivity index (χ1v) is 6.73. The molecule has 0 amide bonds. The fraction of sp³-hybridized carbons (Fsp3) is 1.00. The van der Waals surface area contributed by atoms with Gasteiger partial charge in [-0.25, -0.2) is 0 Å². The van der Waals surface area contributed by atoms with Crippen LogP contribution in [0.4, 0.5) is 0 Å². The van der Waals surface area contributed by atoms with E-state index in [9.17, 15) is 0 Å². The van der Waals surface area contributed by atoms with Gasteiger partial charge in [0.2, 0.25) is 0 Å². The monoisotopic (exact) mass is 229 g/mol. The summed E-state index contributed by atoms with van der Waals surface area (Å²) in [6, 6.07) is 0. The minimum Gasteiger partial charge on any atom is -0.395 e. The van der Waals surface area contributed by atoms with Gasteiger partial charge in [0.1, 0.15) is 0 Å². The first-order chi connectivity index (χ1) is 7.76. The normalized spacial score (nSPS) is 24.2. The Labute approximate surface area is 99.8 Å². The van der Waals surface area contributed by atoms with Crippen LogP contribution in [0.1, 0.15) is 46.0 Å². The highest BCUT2D eigenvalue weighted by Gasteiger charge is 2.37. The molecule has 0 aromatic rings. The van der Waals surface area contributed by atoms with Gasteiger partial charge in [0.15, 0.2) is 0 Å². The highest BCUT2D eigenvalue weighted by molar-refractivity contribution is 4.90. The van der Waals surface area contributed by atoms with Crippen LogP contribution in [-0.4, -0.2) is 48.5 Å². The van der Waals surface area contributed by atoms with E-state index in [0.29, 0.717) is 0 Å². The summed E-state index contributed by atoms with van der Waals surface area (Å²) in [6.07, 6.45) is 6.06. The topological polar surface area (TPSA) is 32.7 Å². The Kier molecular flexibility index (Phi) is 6.32. The molecule has 16 heavy (non-hydrogen) atoms. The fourth-order valence-electron chi connectivity index (χ4n) is 2.48. The van der Waals surface area contributed by atoms with Crippen molar-refractivity contribution in [2.24, 2.45) is 0 Å². The molecule has 2 rings (SSSR count). The van der Waals surface area contributed by atoms with Crippen molar-refractivity contribution in [3.63, 3.8) is 0 Å². The van der Waals surface area contributed by atoms with Crippen LogP contribution in [0.25, 0.3) is 0 Å². The van der Waals surface area contributed by atoms with Crippen molar-refractivity contribution in [2.45, 2.75) is 51.6 Å². The quantitative estimate of drug-likeness (QED) is 0.786. The van der Waals surface area contributed by atoms with Crippen LogP contribution in [0.15, 0.2) is 0 Å². The van der Waals surface area contributed by atoms with Gasteiger partial charge in [0, 0.05) is 26.2 Å². The summed E-state index contributed by atoms with van der Waals surface area (Å²) in [5.41, 5.74) is 0.228. The first kappa shape index (κ1) is 13.9. The second-order valence-electron chi connectivity index (χ2n) is 4.91. The molecule has 0 bridgehead atoms. The summed E-state index contributed by atoms with van der Waals surface area (Å²) in [7, 11) is 0. The Balaban J connectivity index is 0.000000386. The summed E-state index contributed by atoms with van der Waals surface area (Å²) >= 11 is 0. The zero-order valence-corrected chi connectivity index (χ0v) is 10.9. The molecule has 96 valence electrons. The highest BCUT2D eigenvalue weighted by Crippen LogP contribution is 2.35. The first-order valence-electron chi connectivity index (χ1n) is 6.73. The van der Waals surface area contributed by atoms with Gasteiger partial charge in [-0.2, -0.15) is 0 Å². The molecule has 3 heteroatoms. The number of aliphatic hydroxyl groups is 1. The van der Waals surface area contributed by atoms with Crippen molar-refractivity contribution in [1.82, 2.24) is 4.90 Å². The maximum Gasteiger partial charge on any atom is 0.0707 e. The molecule has 0 aliphatic carbocycles. The number of hydrogen-bond donors (Lipinski definition) is 1. The minimum absolute atomic E-state index is 0.228. The predicted molar refractivity (Wildman–Crippen MR) is 66.6 cm³/mol. The number of ether oxygens (including phenoxy) is 1.